The van der Waals surface area contributed by atoms with Gasteiger partial charge in [0.2, 0.25) is 0 Å². The molecule has 0 aromatic rings. The number of hydrogen-bond acceptors (Lipinski definition) is 3. The molecule has 0 radical (unpaired) electrons. The van der Waals surface area contributed by atoms with Gasteiger partial charge in [0.25, 0.3) is 0 Å². The molecule has 3 aliphatic heterocycles. The van der Waals surface area contributed by atoms with Crippen LogP contribution in [0.4, 0.5) is 0 Å². The molecule has 0 saturated carbocycles. The van der Waals surface area contributed by atoms with Crippen LogP contribution in [0.5, 0.6) is 0 Å². The SMILES string of the molecule is CN1CCC(N2CC3CNCC3C2(C)C)CC1. The fraction of sp³-hybridized carbons (Fsp3) is 1.00. The Morgan fingerprint density at radius 1 is 1.12 bits per heavy atom. The van der Waals surface area contributed by atoms with E-state index in [-0.39, 0.29) is 0 Å². The summed E-state index contributed by atoms with van der Waals surface area (Å²) in [6, 6.07) is 0.840. The zero-order chi connectivity index (χ0) is 12.0. The van der Waals surface area contributed by atoms with Gasteiger partial charge in [0.1, 0.15) is 0 Å². The van der Waals surface area contributed by atoms with E-state index in [0.717, 1.165) is 17.9 Å². The molecule has 3 nitrogen and oxygen atoms in total. The number of piperidine rings is 1. The molecule has 0 aromatic heterocycles. The molecular weight excluding hydrogens is 210 g/mol. The van der Waals surface area contributed by atoms with Crippen molar-refractivity contribution in [2.24, 2.45) is 11.8 Å². The van der Waals surface area contributed by atoms with E-state index >= 15 is 0 Å². The minimum atomic E-state index is 0.411. The molecule has 0 spiro atoms. The molecule has 0 aliphatic carbocycles. The predicted octanol–water partition coefficient (Wildman–Crippen LogP) is 1.01. The molecule has 98 valence electrons. The van der Waals surface area contributed by atoms with E-state index in [1.54, 1.807) is 0 Å². The number of nitrogens with zero attached hydrogens (tertiary/aromatic N) is 2. The molecule has 0 aromatic carbocycles. The number of fused-ring (bicyclic) bond motifs is 1. The summed E-state index contributed by atoms with van der Waals surface area (Å²) in [5, 5.41) is 3.58. The summed E-state index contributed by atoms with van der Waals surface area (Å²) in [4.78, 5) is 5.32. The van der Waals surface area contributed by atoms with Gasteiger partial charge in [-0.05, 0) is 65.2 Å². The van der Waals surface area contributed by atoms with E-state index in [1.807, 2.05) is 0 Å². The molecule has 3 aliphatic rings. The predicted molar refractivity (Wildman–Crippen MR) is 71.2 cm³/mol. The summed E-state index contributed by atoms with van der Waals surface area (Å²) < 4.78 is 0. The Morgan fingerprint density at radius 2 is 1.82 bits per heavy atom. The topological polar surface area (TPSA) is 18.5 Å². The zero-order valence-corrected chi connectivity index (χ0v) is 11.6. The van der Waals surface area contributed by atoms with Crippen LogP contribution >= 0.6 is 0 Å². The molecule has 3 heterocycles. The van der Waals surface area contributed by atoms with Crippen molar-refractivity contribution in [1.29, 1.82) is 0 Å². The van der Waals surface area contributed by atoms with Gasteiger partial charge in [-0.15, -0.1) is 0 Å². The normalized spacial score (nSPS) is 39.7. The highest BCUT2D eigenvalue weighted by molar-refractivity contribution is 5.06. The van der Waals surface area contributed by atoms with Crippen molar-refractivity contribution in [2.75, 3.05) is 39.8 Å². The molecule has 3 saturated heterocycles. The summed E-state index contributed by atoms with van der Waals surface area (Å²) in [7, 11) is 2.25. The fourth-order valence-electron chi connectivity index (χ4n) is 4.38. The Morgan fingerprint density at radius 3 is 2.47 bits per heavy atom. The lowest BCUT2D eigenvalue weighted by molar-refractivity contribution is 0.0524. The van der Waals surface area contributed by atoms with Crippen molar-refractivity contribution >= 4 is 0 Å². The van der Waals surface area contributed by atoms with Crippen LogP contribution in [0.1, 0.15) is 26.7 Å². The maximum Gasteiger partial charge on any atom is 0.0200 e. The molecule has 3 rings (SSSR count). The summed E-state index contributed by atoms with van der Waals surface area (Å²) in [6.07, 6.45) is 2.74. The molecule has 3 heteroatoms. The van der Waals surface area contributed by atoms with Gasteiger partial charge in [0.05, 0.1) is 0 Å². The highest BCUT2D eigenvalue weighted by Crippen LogP contribution is 2.43. The molecule has 0 bridgehead atoms. The number of nitrogens with one attached hydrogen (secondary N) is 1. The first kappa shape index (κ1) is 11.9. The number of rotatable bonds is 1. The van der Waals surface area contributed by atoms with Crippen LogP contribution in [0.25, 0.3) is 0 Å². The maximum absolute atomic E-state index is 3.58. The Bertz CT molecular complexity index is 281. The molecule has 17 heavy (non-hydrogen) atoms. The molecular formula is C14H27N3. The zero-order valence-electron chi connectivity index (χ0n) is 11.6. The third-order valence-corrected chi connectivity index (χ3v) is 5.55. The van der Waals surface area contributed by atoms with Crippen LogP contribution in [0.15, 0.2) is 0 Å². The van der Waals surface area contributed by atoms with E-state index in [2.05, 4.69) is 36.0 Å². The summed E-state index contributed by atoms with van der Waals surface area (Å²) >= 11 is 0. The fourth-order valence-corrected chi connectivity index (χ4v) is 4.38. The van der Waals surface area contributed by atoms with Crippen molar-refractivity contribution in [3.63, 3.8) is 0 Å². The lowest BCUT2D eigenvalue weighted by atomic mass is 9.84. The van der Waals surface area contributed by atoms with Crippen LogP contribution in [0.3, 0.4) is 0 Å². The monoisotopic (exact) mass is 237 g/mol. The van der Waals surface area contributed by atoms with Gasteiger partial charge in [0, 0.05) is 24.7 Å². The Labute approximate surface area is 106 Å². The number of likely N-dealkylation sites (tertiary alicyclic amines) is 2. The van der Waals surface area contributed by atoms with E-state index in [9.17, 15) is 0 Å². The van der Waals surface area contributed by atoms with Crippen molar-refractivity contribution < 1.29 is 0 Å². The Hall–Kier alpha value is -0.120. The second-order valence-electron chi connectivity index (χ2n) is 6.87. The smallest absolute Gasteiger partial charge is 0.0200 e. The van der Waals surface area contributed by atoms with Crippen LogP contribution < -0.4 is 5.32 Å². The largest absolute Gasteiger partial charge is 0.316 e. The van der Waals surface area contributed by atoms with Crippen LogP contribution in [0, 0.1) is 11.8 Å². The van der Waals surface area contributed by atoms with E-state index in [4.69, 9.17) is 0 Å². The van der Waals surface area contributed by atoms with Gasteiger partial charge in [-0.2, -0.15) is 0 Å². The summed E-state index contributed by atoms with van der Waals surface area (Å²) in [6.45, 7) is 11.3. The molecule has 0 amide bonds. The standard InChI is InChI=1S/C14H27N3/c1-14(2)13-9-15-8-11(13)10-17(14)12-4-6-16(3)7-5-12/h11-13,15H,4-10H2,1-3H3. The van der Waals surface area contributed by atoms with Gasteiger partial charge in [0.15, 0.2) is 0 Å². The first-order chi connectivity index (χ1) is 8.09. The van der Waals surface area contributed by atoms with Crippen LogP contribution in [-0.2, 0) is 0 Å². The van der Waals surface area contributed by atoms with Crippen molar-refractivity contribution in [2.45, 2.75) is 38.3 Å². The molecule has 2 atom stereocenters. The minimum absolute atomic E-state index is 0.411. The highest BCUT2D eigenvalue weighted by Gasteiger charge is 2.51. The maximum atomic E-state index is 3.58. The van der Waals surface area contributed by atoms with Gasteiger partial charge in [-0.1, -0.05) is 0 Å². The van der Waals surface area contributed by atoms with E-state index in [1.165, 1.54) is 45.6 Å². The van der Waals surface area contributed by atoms with Crippen LogP contribution in [0.2, 0.25) is 0 Å². The minimum Gasteiger partial charge on any atom is -0.316 e. The third-order valence-electron chi connectivity index (χ3n) is 5.55. The lowest BCUT2D eigenvalue weighted by Crippen LogP contribution is -2.52. The van der Waals surface area contributed by atoms with Gasteiger partial charge in [-0.3, -0.25) is 4.90 Å². The second-order valence-corrected chi connectivity index (χ2v) is 6.87. The van der Waals surface area contributed by atoms with Crippen molar-refractivity contribution in [3.05, 3.63) is 0 Å². The first-order valence-corrected chi connectivity index (χ1v) is 7.25. The van der Waals surface area contributed by atoms with Crippen LogP contribution in [-0.4, -0.2) is 61.2 Å². The van der Waals surface area contributed by atoms with Gasteiger partial charge < -0.3 is 10.2 Å². The Kier molecular flexibility index (Phi) is 2.96. The molecule has 3 fully saturated rings. The van der Waals surface area contributed by atoms with Crippen molar-refractivity contribution in [3.8, 4) is 0 Å². The van der Waals surface area contributed by atoms with Gasteiger partial charge in [-0.25, -0.2) is 0 Å². The van der Waals surface area contributed by atoms with E-state index in [0.29, 0.717) is 5.54 Å². The highest BCUT2D eigenvalue weighted by atomic mass is 15.3. The summed E-state index contributed by atoms with van der Waals surface area (Å²) in [5.41, 5.74) is 0.411. The quantitative estimate of drug-likeness (QED) is 0.734. The molecule has 2 unspecified atom stereocenters. The lowest BCUT2D eigenvalue weighted by Gasteiger charge is -2.44. The number of hydrogen-bond donors (Lipinski definition) is 1. The Balaban J connectivity index is 1.71. The third kappa shape index (κ3) is 1.92. The van der Waals surface area contributed by atoms with E-state index < -0.39 is 0 Å². The van der Waals surface area contributed by atoms with Gasteiger partial charge >= 0.3 is 0 Å². The average Bonchev–Trinajstić information content (AvgIpc) is 2.83. The first-order valence-electron chi connectivity index (χ1n) is 7.25. The average molecular weight is 237 g/mol. The second kappa shape index (κ2) is 4.22. The van der Waals surface area contributed by atoms with Crippen molar-refractivity contribution in [1.82, 2.24) is 15.1 Å². The summed E-state index contributed by atoms with van der Waals surface area (Å²) in [5.74, 6) is 1.78. The molecule has 1 N–H and O–H groups in total.